The Balaban J connectivity index is 1.53. The SMILES string of the molecule is CCC1CN(C2=NC(CO)CO2)CC1c1nnc2cnc3[nH]ccc3n12. The van der Waals surface area contributed by atoms with E-state index in [0.29, 0.717) is 18.5 Å². The Labute approximate surface area is 149 Å². The van der Waals surface area contributed by atoms with E-state index in [0.717, 1.165) is 42.1 Å². The number of hydrogen-bond acceptors (Lipinski definition) is 7. The molecular formula is C17H21N7O2. The van der Waals surface area contributed by atoms with Gasteiger partial charge >= 0.3 is 0 Å². The number of aliphatic imine (C=N–C) groups is 1. The predicted molar refractivity (Wildman–Crippen MR) is 95.0 cm³/mol. The van der Waals surface area contributed by atoms with Gasteiger partial charge in [0.05, 0.1) is 18.3 Å². The number of hydrogen-bond donors (Lipinski definition) is 2. The molecule has 0 radical (unpaired) electrons. The van der Waals surface area contributed by atoms with Crippen LogP contribution in [0.25, 0.3) is 16.8 Å². The van der Waals surface area contributed by atoms with Crippen molar-refractivity contribution in [2.75, 3.05) is 26.3 Å². The highest BCUT2D eigenvalue weighted by atomic mass is 16.5. The van der Waals surface area contributed by atoms with E-state index in [1.54, 1.807) is 6.20 Å². The third kappa shape index (κ3) is 2.27. The van der Waals surface area contributed by atoms with Crippen LogP contribution in [0.5, 0.6) is 0 Å². The van der Waals surface area contributed by atoms with Crippen molar-refractivity contribution in [2.24, 2.45) is 10.9 Å². The van der Waals surface area contributed by atoms with E-state index in [9.17, 15) is 5.11 Å². The van der Waals surface area contributed by atoms with E-state index >= 15 is 0 Å². The summed E-state index contributed by atoms with van der Waals surface area (Å²) >= 11 is 0. The van der Waals surface area contributed by atoms with Gasteiger partial charge < -0.3 is 19.7 Å². The summed E-state index contributed by atoms with van der Waals surface area (Å²) in [5.41, 5.74) is 2.58. The molecule has 5 rings (SSSR count). The Kier molecular flexibility index (Phi) is 3.56. The van der Waals surface area contributed by atoms with Gasteiger partial charge in [-0.2, -0.15) is 0 Å². The first-order valence-electron chi connectivity index (χ1n) is 9.02. The van der Waals surface area contributed by atoms with Crippen LogP contribution in [0, 0.1) is 5.92 Å². The number of ether oxygens (including phenoxy) is 1. The minimum absolute atomic E-state index is 0.0191. The van der Waals surface area contributed by atoms with Crippen LogP contribution in [0.1, 0.15) is 25.1 Å². The van der Waals surface area contributed by atoms with Crippen LogP contribution in [0.2, 0.25) is 0 Å². The fraction of sp³-hybridized carbons (Fsp3) is 0.529. The second-order valence-corrected chi connectivity index (χ2v) is 6.96. The molecule has 0 aromatic carbocycles. The standard InChI is InChI=1S/C17H21N7O2/c1-2-10-6-23(17-20-11(8-25)9-26-17)7-12(10)16-22-21-14-5-19-15-13(24(14)16)3-4-18-15/h3-5,10-12,18,25H,2,6-9H2,1H3. The van der Waals surface area contributed by atoms with E-state index in [4.69, 9.17) is 4.74 Å². The van der Waals surface area contributed by atoms with E-state index in [1.165, 1.54) is 0 Å². The zero-order valence-corrected chi connectivity index (χ0v) is 14.5. The van der Waals surface area contributed by atoms with Crippen LogP contribution in [0.3, 0.4) is 0 Å². The topological polar surface area (TPSA) is 104 Å². The molecule has 0 amide bonds. The summed E-state index contributed by atoms with van der Waals surface area (Å²) in [5.74, 6) is 1.62. The first-order chi connectivity index (χ1) is 12.8. The first-order valence-corrected chi connectivity index (χ1v) is 9.02. The Hall–Kier alpha value is -2.68. The van der Waals surface area contributed by atoms with Gasteiger partial charge in [-0.1, -0.05) is 13.3 Å². The second-order valence-electron chi connectivity index (χ2n) is 6.96. The molecule has 1 saturated heterocycles. The summed E-state index contributed by atoms with van der Waals surface area (Å²) in [6, 6.07) is 2.50. The summed E-state index contributed by atoms with van der Waals surface area (Å²) in [6.45, 7) is 4.32. The quantitative estimate of drug-likeness (QED) is 0.719. The van der Waals surface area contributed by atoms with Crippen molar-refractivity contribution in [2.45, 2.75) is 25.3 Å². The monoisotopic (exact) mass is 355 g/mol. The third-order valence-electron chi connectivity index (χ3n) is 5.44. The van der Waals surface area contributed by atoms with Crippen molar-refractivity contribution in [3.63, 3.8) is 0 Å². The minimum Gasteiger partial charge on any atom is -0.463 e. The first kappa shape index (κ1) is 15.6. The van der Waals surface area contributed by atoms with Crippen molar-refractivity contribution in [3.8, 4) is 0 Å². The highest BCUT2D eigenvalue weighted by molar-refractivity contribution is 5.76. The molecule has 1 fully saturated rings. The smallest absolute Gasteiger partial charge is 0.287 e. The molecule has 9 heteroatoms. The summed E-state index contributed by atoms with van der Waals surface area (Å²) in [5, 5.41) is 18.1. The second kappa shape index (κ2) is 5.94. The Morgan fingerprint density at radius 3 is 3.08 bits per heavy atom. The van der Waals surface area contributed by atoms with E-state index in [2.05, 4.69) is 41.4 Å². The number of fused-ring (bicyclic) bond motifs is 3. The van der Waals surface area contributed by atoms with Crippen LogP contribution >= 0.6 is 0 Å². The number of aliphatic hydroxyl groups is 1. The molecule has 5 heterocycles. The molecule has 2 aliphatic heterocycles. The molecule has 2 aliphatic rings. The molecule has 0 spiro atoms. The Bertz CT molecular complexity index is 978. The number of amidine groups is 1. The third-order valence-corrected chi connectivity index (χ3v) is 5.44. The predicted octanol–water partition coefficient (Wildman–Crippen LogP) is 0.778. The number of aliphatic hydroxyl groups excluding tert-OH is 1. The maximum atomic E-state index is 9.29. The number of nitrogens with zero attached hydrogens (tertiary/aromatic N) is 6. The average Bonchev–Trinajstić information content (AvgIpc) is 3.44. The molecule has 3 aromatic rings. The van der Waals surface area contributed by atoms with Crippen LogP contribution < -0.4 is 0 Å². The highest BCUT2D eigenvalue weighted by Crippen LogP contribution is 2.35. The van der Waals surface area contributed by atoms with E-state index < -0.39 is 0 Å². The van der Waals surface area contributed by atoms with Crippen molar-refractivity contribution < 1.29 is 9.84 Å². The lowest BCUT2D eigenvalue weighted by molar-refractivity contribution is 0.214. The number of aromatic amines is 1. The summed E-state index contributed by atoms with van der Waals surface area (Å²) < 4.78 is 7.80. The van der Waals surface area contributed by atoms with Gasteiger partial charge in [-0.25, -0.2) is 9.98 Å². The van der Waals surface area contributed by atoms with Gasteiger partial charge in [0.1, 0.15) is 18.5 Å². The van der Waals surface area contributed by atoms with Gasteiger partial charge in [0, 0.05) is 25.2 Å². The van der Waals surface area contributed by atoms with Gasteiger partial charge in [-0.05, 0) is 12.0 Å². The normalized spacial score (nSPS) is 26.0. The van der Waals surface area contributed by atoms with Crippen LogP contribution in [-0.4, -0.2) is 72.9 Å². The zero-order chi connectivity index (χ0) is 17.7. The van der Waals surface area contributed by atoms with Gasteiger partial charge in [-0.15, -0.1) is 10.2 Å². The number of rotatable bonds is 3. The van der Waals surface area contributed by atoms with Gasteiger partial charge in [0.2, 0.25) is 0 Å². The van der Waals surface area contributed by atoms with Crippen molar-refractivity contribution >= 4 is 22.8 Å². The number of likely N-dealkylation sites (tertiary alicyclic amines) is 1. The number of aromatic nitrogens is 5. The Morgan fingerprint density at radius 2 is 2.27 bits per heavy atom. The highest BCUT2D eigenvalue weighted by Gasteiger charge is 2.39. The van der Waals surface area contributed by atoms with Gasteiger partial charge in [-0.3, -0.25) is 4.40 Å². The van der Waals surface area contributed by atoms with E-state index in [1.807, 2.05) is 12.3 Å². The van der Waals surface area contributed by atoms with Gasteiger partial charge in [0.15, 0.2) is 11.3 Å². The molecule has 2 N–H and O–H groups in total. The maximum Gasteiger partial charge on any atom is 0.287 e. The lowest BCUT2D eigenvalue weighted by Gasteiger charge is -2.16. The minimum atomic E-state index is -0.149. The van der Waals surface area contributed by atoms with Crippen LogP contribution in [0.15, 0.2) is 23.5 Å². The molecule has 3 atom stereocenters. The fourth-order valence-electron chi connectivity index (χ4n) is 4.04. The lowest BCUT2D eigenvalue weighted by atomic mass is 9.93. The fourth-order valence-corrected chi connectivity index (χ4v) is 4.04. The van der Waals surface area contributed by atoms with Crippen LogP contribution in [-0.2, 0) is 4.74 Å². The molecular weight excluding hydrogens is 334 g/mol. The van der Waals surface area contributed by atoms with Crippen molar-refractivity contribution in [3.05, 3.63) is 24.3 Å². The van der Waals surface area contributed by atoms with E-state index in [-0.39, 0.29) is 18.6 Å². The maximum absolute atomic E-state index is 9.29. The summed E-state index contributed by atoms with van der Waals surface area (Å²) in [6.07, 6.45) is 4.67. The molecule has 0 aliphatic carbocycles. The molecule has 3 unspecified atom stereocenters. The zero-order valence-electron chi connectivity index (χ0n) is 14.5. The Morgan fingerprint density at radius 1 is 1.35 bits per heavy atom. The largest absolute Gasteiger partial charge is 0.463 e. The molecule has 26 heavy (non-hydrogen) atoms. The summed E-state index contributed by atoms with van der Waals surface area (Å²) in [7, 11) is 0. The molecule has 136 valence electrons. The van der Waals surface area contributed by atoms with Crippen molar-refractivity contribution in [1.82, 2.24) is 29.5 Å². The lowest BCUT2D eigenvalue weighted by Crippen LogP contribution is -2.29. The number of nitrogens with one attached hydrogen (secondary N) is 1. The molecule has 9 nitrogen and oxygen atoms in total. The molecule has 3 aromatic heterocycles. The van der Waals surface area contributed by atoms with Crippen LogP contribution in [0.4, 0.5) is 0 Å². The average molecular weight is 355 g/mol. The van der Waals surface area contributed by atoms with Crippen molar-refractivity contribution in [1.29, 1.82) is 0 Å². The number of H-pyrrole nitrogens is 1. The summed E-state index contributed by atoms with van der Waals surface area (Å²) in [4.78, 5) is 14.2. The van der Waals surface area contributed by atoms with Gasteiger partial charge in [0.25, 0.3) is 6.02 Å². The molecule has 0 bridgehead atoms. The molecule has 0 saturated carbocycles.